The quantitative estimate of drug-likeness (QED) is 0.0828. The molecule has 0 saturated heterocycles. The maximum absolute atomic E-state index is 12.7. The van der Waals surface area contributed by atoms with Gasteiger partial charge >= 0.3 is 83.6 Å². The van der Waals surface area contributed by atoms with Gasteiger partial charge in [-0.05, 0) is 102 Å². The first-order chi connectivity index (χ1) is 36.2. The monoisotopic (exact) mass is 1120 g/mol. The molecule has 0 amide bonds. The minimum atomic E-state index is -1.74. The van der Waals surface area contributed by atoms with E-state index >= 15 is 0 Å². The van der Waals surface area contributed by atoms with Crippen molar-refractivity contribution >= 4 is 83.6 Å². The molecule has 0 spiro atoms. The summed E-state index contributed by atoms with van der Waals surface area (Å²) in [4.78, 5) is 174. The minimum absolute atomic E-state index is 0.0828. The molecule has 1 rings (SSSR count). The summed E-state index contributed by atoms with van der Waals surface area (Å²) in [6.07, 6.45) is -23.0. The fourth-order valence-corrected chi connectivity index (χ4v) is 4.98. The van der Waals surface area contributed by atoms with Crippen LogP contribution in [0.4, 0.5) is 0 Å². The number of hydrogen-bond donors (Lipinski definition) is 1. The lowest BCUT2D eigenvalue weighted by Crippen LogP contribution is -2.40. The summed E-state index contributed by atoms with van der Waals surface area (Å²) in [7, 11) is 0. The molecule has 0 aromatic heterocycles. The van der Waals surface area contributed by atoms with Gasteiger partial charge in [0, 0.05) is 0 Å². The largest absolute Gasteiger partial charge is 0.458 e. The first-order valence-electron chi connectivity index (χ1n) is 23.7. The van der Waals surface area contributed by atoms with E-state index in [9.17, 15) is 72.2 Å². The molecule has 1 aromatic rings. The number of carbonyl (C=O) groups is 14. The van der Waals surface area contributed by atoms with Crippen LogP contribution in [0.5, 0.6) is 0 Å². The summed E-state index contributed by atoms with van der Waals surface area (Å²) in [5.41, 5.74) is 0.687. The zero-order valence-corrected chi connectivity index (χ0v) is 45.1. The van der Waals surface area contributed by atoms with E-state index in [2.05, 4.69) is 4.74 Å². The second-order valence-corrected chi connectivity index (χ2v) is 16.8. The van der Waals surface area contributed by atoms with Crippen LogP contribution in [0.1, 0.15) is 102 Å². The van der Waals surface area contributed by atoms with Crippen molar-refractivity contribution in [1.82, 2.24) is 0 Å². The fourth-order valence-electron chi connectivity index (χ4n) is 4.98. The van der Waals surface area contributed by atoms with E-state index in [1.165, 1.54) is 6.92 Å². The number of esters is 14. The topological polar surface area (TPSA) is 388 Å². The van der Waals surface area contributed by atoms with Crippen LogP contribution in [0, 0.1) is 0 Å². The highest BCUT2D eigenvalue weighted by molar-refractivity contribution is 5.90. The Kier molecular flexibility index (Phi) is 28.1. The van der Waals surface area contributed by atoms with Crippen molar-refractivity contribution in [1.29, 1.82) is 0 Å². The lowest BCUT2D eigenvalue weighted by molar-refractivity contribution is -0.190. The predicted molar refractivity (Wildman–Crippen MR) is 250 cm³/mol. The Hall–Kier alpha value is -8.24. The number of benzene rings is 1. The SMILES string of the molecule is C[C@H](O)C(=O)O[C@@H](C)C(=O)O[C@@H](C)C(=O)O[C@@H](C)C(=O)O[C@@H](C)C(=O)O[C@@H](C)C(=O)O[C@@H](C)C(=O)O[C@@H](C)C(=O)O[C@@H](C)C(=O)O[C@@H](C)C(=O)O[C@@H](C)C(=O)O[C@@H](C)C(=O)O[C@@H](C)C(=O)O[C@@H](C)C(=O)OCc1ccccc1. The number of aliphatic hydroxyl groups excluding tert-OH is 1. The summed E-state index contributed by atoms with van der Waals surface area (Å²) >= 11 is 0. The molecule has 0 aliphatic rings. The molecule has 1 N–H and O–H groups in total. The fraction of sp³-hybridized carbons (Fsp3) is 0.592. The molecule has 434 valence electrons. The highest BCUT2D eigenvalue weighted by Gasteiger charge is 2.36. The molecular formula is C49H64O29. The van der Waals surface area contributed by atoms with Crippen molar-refractivity contribution < 1.29 is 139 Å². The third-order valence-corrected chi connectivity index (χ3v) is 9.69. The molecule has 78 heavy (non-hydrogen) atoms. The van der Waals surface area contributed by atoms with Crippen molar-refractivity contribution in [2.75, 3.05) is 0 Å². The minimum Gasteiger partial charge on any atom is -0.458 e. The van der Waals surface area contributed by atoms with E-state index in [4.69, 9.17) is 61.6 Å². The lowest BCUT2D eigenvalue weighted by atomic mass is 10.2. The zero-order chi connectivity index (χ0) is 59.9. The van der Waals surface area contributed by atoms with E-state index in [0.29, 0.717) is 5.56 Å². The normalized spacial score (nSPS) is 16.2. The van der Waals surface area contributed by atoms with Crippen LogP contribution in [-0.4, -0.2) is 174 Å². The van der Waals surface area contributed by atoms with Gasteiger partial charge in [-0.1, -0.05) is 30.3 Å². The van der Waals surface area contributed by atoms with Gasteiger partial charge in [-0.3, -0.25) is 0 Å². The summed E-state index contributed by atoms with van der Waals surface area (Å²) in [5.74, 6) is -17.2. The Bertz CT molecular complexity index is 2330. The summed E-state index contributed by atoms with van der Waals surface area (Å²) in [6.45, 7) is 14.9. The van der Waals surface area contributed by atoms with Crippen molar-refractivity contribution in [3.05, 3.63) is 35.9 Å². The van der Waals surface area contributed by atoms with E-state index in [1.54, 1.807) is 30.3 Å². The van der Waals surface area contributed by atoms with Gasteiger partial charge < -0.3 is 71.4 Å². The van der Waals surface area contributed by atoms with Gasteiger partial charge in [-0.25, -0.2) is 67.1 Å². The maximum Gasteiger partial charge on any atom is 0.347 e. The van der Waals surface area contributed by atoms with Crippen LogP contribution >= 0.6 is 0 Å². The second-order valence-electron chi connectivity index (χ2n) is 16.8. The van der Waals surface area contributed by atoms with E-state index < -0.39 is 169 Å². The van der Waals surface area contributed by atoms with Crippen molar-refractivity contribution in [2.45, 2.75) is 189 Å². The molecule has 0 aliphatic heterocycles. The average molecular weight is 1120 g/mol. The van der Waals surface area contributed by atoms with E-state index in [1.807, 2.05) is 0 Å². The number of hydrogen-bond acceptors (Lipinski definition) is 29. The molecule has 0 saturated carbocycles. The molecule has 0 unspecified atom stereocenters. The Labute approximate surface area is 446 Å². The predicted octanol–water partition coefficient (Wildman–Crippen LogP) is 0.223. The number of aliphatic hydroxyl groups is 1. The first-order valence-corrected chi connectivity index (χ1v) is 23.7. The molecule has 29 heteroatoms. The van der Waals surface area contributed by atoms with Crippen molar-refractivity contribution in [3.63, 3.8) is 0 Å². The third kappa shape index (κ3) is 23.8. The summed E-state index contributed by atoms with van der Waals surface area (Å²) in [5, 5.41) is 9.20. The van der Waals surface area contributed by atoms with Crippen LogP contribution in [0.25, 0.3) is 0 Å². The number of rotatable bonds is 29. The highest BCUT2D eigenvalue weighted by Crippen LogP contribution is 2.13. The van der Waals surface area contributed by atoms with Crippen LogP contribution in [-0.2, 0) is 140 Å². The van der Waals surface area contributed by atoms with Gasteiger partial charge in [0.1, 0.15) is 12.7 Å². The maximum atomic E-state index is 12.7. The Morgan fingerprint density at radius 2 is 0.423 bits per heavy atom. The zero-order valence-electron chi connectivity index (χ0n) is 45.1. The Balaban J connectivity index is 2.54. The van der Waals surface area contributed by atoms with Gasteiger partial charge in [-0.2, -0.15) is 0 Å². The Morgan fingerprint density at radius 3 is 0.590 bits per heavy atom. The highest BCUT2D eigenvalue weighted by atomic mass is 16.7. The number of carbonyl (C=O) groups excluding carboxylic acids is 14. The molecule has 0 heterocycles. The molecule has 1 aromatic carbocycles. The smallest absolute Gasteiger partial charge is 0.347 e. The molecule has 0 bridgehead atoms. The third-order valence-electron chi connectivity index (χ3n) is 9.69. The van der Waals surface area contributed by atoms with Gasteiger partial charge in [0.25, 0.3) is 0 Å². The van der Waals surface area contributed by atoms with Gasteiger partial charge in [-0.15, -0.1) is 0 Å². The lowest BCUT2D eigenvalue weighted by Gasteiger charge is -2.21. The van der Waals surface area contributed by atoms with Crippen molar-refractivity contribution in [2.24, 2.45) is 0 Å². The average Bonchev–Trinajstić information content (AvgIpc) is 3.37. The Morgan fingerprint density at radius 1 is 0.269 bits per heavy atom. The molecule has 0 fully saturated rings. The molecule has 14 atom stereocenters. The first kappa shape index (κ1) is 67.8. The van der Waals surface area contributed by atoms with Gasteiger partial charge in [0.05, 0.1) is 0 Å². The molecular weight excluding hydrogens is 1050 g/mol. The van der Waals surface area contributed by atoms with Gasteiger partial charge in [0.15, 0.2) is 79.4 Å². The van der Waals surface area contributed by atoms with E-state index in [0.717, 1.165) is 90.0 Å². The summed E-state index contributed by atoms with van der Waals surface area (Å²) in [6, 6.07) is 8.67. The standard InChI is InChI=1S/C49H64O29/c1-21(50)36(51)66-23(3)38(53)68-25(5)40(55)70-27(7)42(57)72-29(9)44(59)74-31(11)46(61)76-33(13)48(63)78-34(14)49(64)77-32(12)47(62)75-30(10)45(60)73-28(8)43(58)71-26(6)41(56)69-24(4)39(54)67-22(2)37(52)65-20-35-18-16-15-17-19-35/h15-19,21-34,50H,20H2,1-14H3/t21-,22-,23-,24-,25-,26-,27-,28-,29-,30-,31-,32-,33-,34-/m0/s1. The number of ether oxygens (including phenoxy) is 14. The second kappa shape index (κ2) is 32.4. The van der Waals surface area contributed by atoms with E-state index in [-0.39, 0.29) is 6.61 Å². The van der Waals surface area contributed by atoms with Crippen LogP contribution in [0.15, 0.2) is 30.3 Å². The van der Waals surface area contributed by atoms with Crippen LogP contribution < -0.4 is 0 Å². The summed E-state index contributed by atoms with van der Waals surface area (Å²) < 4.78 is 68.9. The van der Waals surface area contributed by atoms with Crippen molar-refractivity contribution in [3.8, 4) is 0 Å². The van der Waals surface area contributed by atoms with Crippen LogP contribution in [0.3, 0.4) is 0 Å². The molecule has 29 nitrogen and oxygen atoms in total. The van der Waals surface area contributed by atoms with Crippen LogP contribution in [0.2, 0.25) is 0 Å². The molecule has 0 radical (unpaired) electrons. The molecule has 0 aliphatic carbocycles. The van der Waals surface area contributed by atoms with Gasteiger partial charge in [0.2, 0.25) is 0 Å².